The van der Waals surface area contributed by atoms with Gasteiger partial charge in [0.1, 0.15) is 5.75 Å². The van der Waals surface area contributed by atoms with Crippen molar-refractivity contribution in [2.24, 2.45) is 0 Å². The summed E-state index contributed by atoms with van der Waals surface area (Å²) in [6, 6.07) is 12.0. The van der Waals surface area contributed by atoms with Gasteiger partial charge in [-0.05, 0) is 31.2 Å². The Morgan fingerprint density at radius 1 is 0.893 bits per heavy atom. The molecule has 1 heterocycles. The molecule has 0 spiro atoms. The largest absolute Gasteiger partial charge is 0.479 e. The number of hydrogen-bond donors (Lipinski definition) is 0. The van der Waals surface area contributed by atoms with Gasteiger partial charge in [-0.1, -0.05) is 53.0 Å². The van der Waals surface area contributed by atoms with Crippen LogP contribution in [-0.2, 0) is 4.79 Å². The number of nitrogens with zero attached hydrogens (tertiary/aromatic N) is 2. The number of hydrogen-bond acceptors (Lipinski definition) is 3. The van der Waals surface area contributed by atoms with Crippen LogP contribution >= 0.6 is 34.8 Å². The van der Waals surface area contributed by atoms with E-state index in [1.54, 1.807) is 59.2 Å². The first kappa shape index (κ1) is 20.8. The Bertz CT molecular complexity index is 883. The van der Waals surface area contributed by atoms with E-state index in [4.69, 9.17) is 39.5 Å². The maximum Gasteiger partial charge on any atom is 0.263 e. The van der Waals surface area contributed by atoms with Crippen LogP contribution in [0.15, 0.2) is 42.5 Å². The maximum atomic E-state index is 12.7. The monoisotopic (exact) mass is 440 g/mol. The lowest BCUT2D eigenvalue weighted by molar-refractivity contribution is -0.139. The summed E-state index contributed by atoms with van der Waals surface area (Å²) in [4.78, 5) is 28.7. The van der Waals surface area contributed by atoms with Gasteiger partial charge >= 0.3 is 0 Å². The third-order valence-corrected chi connectivity index (χ3v) is 5.68. The van der Waals surface area contributed by atoms with E-state index in [0.717, 1.165) is 0 Å². The van der Waals surface area contributed by atoms with Gasteiger partial charge in [0.15, 0.2) is 6.10 Å². The number of rotatable bonds is 4. The number of halogens is 3. The Kier molecular flexibility index (Phi) is 6.70. The number of carbonyl (C=O) groups excluding carboxylic acids is 2. The van der Waals surface area contributed by atoms with E-state index in [9.17, 15) is 9.59 Å². The van der Waals surface area contributed by atoms with E-state index in [-0.39, 0.29) is 16.8 Å². The summed E-state index contributed by atoms with van der Waals surface area (Å²) in [5, 5.41) is 1.04. The zero-order chi connectivity index (χ0) is 20.3. The Labute approximate surface area is 178 Å². The van der Waals surface area contributed by atoms with E-state index in [1.807, 2.05) is 0 Å². The van der Waals surface area contributed by atoms with Gasteiger partial charge in [0.2, 0.25) is 0 Å². The Hall–Kier alpha value is -1.95. The molecule has 8 heteroatoms. The first-order valence-corrected chi connectivity index (χ1v) is 9.95. The predicted octanol–water partition coefficient (Wildman–Crippen LogP) is 4.40. The third-order valence-electron chi connectivity index (χ3n) is 4.55. The molecule has 2 amide bonds. The van der Waals surface area contributed by atoms with E-state index in [1.165, 1.54) is 0 Å². The zero-order valence-electron chi connectivity index (χ0n) is 15.2. The fraction of sp³-hybridized carbons (Fsp3) is 0.300. The van der Waals surface area contributed by atoms with Crippen molar-refractivity contribution < 1.29 is 14.3 Å². The topological polar surface area (TPSA) is 49.9 Å². The molecule has 1 fully saturated rings. The fourth-order valence-electron chi connectivity index (χ4n) is 3.01. The molecule has 0 aromatic heterocycles. The van der Waals surface area contributed by atoms with Crippen LogP contribution < -0.4 is 4.74 Å². The summed E-state index contributed by atoms with van der Waals surface area (Å²) in [5.41, 5.74) is 0.365. The lowest BCUT2D eigenvalue weighted by Gasteiger charge is -2.36. The van der Waals surface area contributed by atoms with Crippen molar-refractivity contribution in [1.82, 2.24) is 9.80 Å². The quantitative estimate of drug-likeness (QED) is 0.707. The minimum atomic E-state index is -0.676. The first-order valence-electron chi connectivity index (χ1n) is 8.81. The molecule has 1 aliphatic heterocycles. The molecular formula is C20H19Cl3N2O3. The second-order valence-electron chi connectivity index (χ2n) is 6.41. The van der Waals surface area contributed by atoms with Crippen molar-refractivity contribution in [1.29, 1.82) is 0 Å². The number of carbonyl (C=O) groups is 2. The van der Waals surface area contributed by atoms with Crippen LogP contribution in [-0.4, -0.2) is 53.9 Å². The molecule has 0 aliphatic carbocycles. The smallest absolute Gasteiger partial charge is 0.263 e. The van der Waals surface area contributed by atoms with E-state index in [2.05, 4.69) is 0 Å². The fourth-order valence-corrected chi connectivity index (χ4v) is 3.57. The molecule has 0 radical (unpaired) electrons. The number of para-hydroxylation sites is 1. The highest BCUT2D eigenvalue weighted by Gasteiger charge is 2.29. The number of ether oxygens (including phenoxy) is 1. The highest BCUT2D eigenvalue weighted by Crippen LogP contribution is 2.27. The SMILES string of the molecule is CC(Oc1ccccc1Cl)C(=O)N1CCN(C(=O)c2cccc(Cl)c2Cl)CC1. The standard InChI is InChI=1S/C20H19Cl3N2O3/c1-13(28-17-8-3-2-6-15(17)21)19(26)24-9-11-25(12-10-24)20(27)14-5-4-7-16(22)18(14)23/h2-8,13H,9-12H2,1H3. The van der Waals surface area contributed by atoms with Crippen LogP contribution in [0.5, 0.6) is 5.75 Å². The molecule has 2 aromatic carbocycles. The predicted molar refractivity (Wildman–Crippen MR) is 110 cm³/mol. The minimum Gasteiger partial charge on any atom is -0.479 e. The molecule has 3 rings (SSSR count). The minimum absolute atomic E-state index is 0.146. The van der Waals surface area contributed by atoms with Gasteiger partial charge in [-0.15, -0.1) is 0 Å². The van der Waals surface area contributed by atoms with Crippen molar-refractivity contribution in [2.45, 2.75) is 13.0 Å². The summed E-state index contributed by atoms with van der Waals surface area (Å²) in [7, 11) is 0. The molecule has 1 aliphatic rings. The van der Waals surface area contributed by atoms with Crippen molar-refractivity contribution >= 4 is 46.6 Å². The molecule has 1 atom stereocenters. The van der Waals surface area contributed by atoms with Gasteiger partial charge in [0.25, 0.3) is 11.8 Å². The second kappa shape index (κ2) is 9.03. The summed E-state index contributed by atoms with van der Waals surface area (Å²) in [6.45, 7) is 3.34. The van der Waals surface area contributed by atoms with Crippen molar-refractivity contribution in [3.8, 4) is 5.75 Å². The summed E-state index contributed by atoms with van der Waals surface area (Å²) in [6.07, 6.45) is -0.676. The van der Waals surface area contributed by atoms with Crippen LogP contribution in [0.2, 0.25) is 15.1 Å². The number of amides is 2. The molecule has 2 aromatic rings. The lowest BCUT2D eigenvalue weighted by Crippen LogP contribution is -2.53. The maximum absolute atomic E-state index is 12.7. The van der Waals surface area contributed by atoms with Crippen LogP contribution in [0.3, 0.4) is 0 Å². The summed E-state index contributed by atoms with van der Waals surface area (Å²) >= 11 is 18.2. The second-order valence-corrected chi connectivity index (χ2v) is 7.60. The normalized spacial score (nSPS) is 15.3. The molecule has 0 bridgehead atoms. The van der Waals surface area contributed by atoms with Gasteiger partial charge in [0.05, 0.1) is 20.6 Å². The summed E-state index contributed by atoms with van der Waals surface area (Å²) in [5.74, 6) is 0.127. The molecule has 148 valence electrons. The average molecular weight is 442 g/mol. The number of benzene rings is 2. The molecule has 0 N–H and O–H groups in total. The molecule has 0 saturated carbocycles. The van der Waals surface area contributed by atoms with Gasteiger partial charge in [-0.3, -0.25) is 9.59 Å². The third kappa shape index (κ3) is 4.54. The Morgan fingerprint density at radius 2 is 1.50 bits per heavy atom. The number of piperazine rings is 1. The Morgan fingerprint density at radius 3 is 2.18 bits per heavy atom. The highest BCUT2D eigenvalue weighted by atomic mass is 35.5. The summed E-state index contributed by atoms with van der Waals surface area (Å²) < 4.78 is 5.70. The molecule has 5 nitrogen and oxygen atoms in total. The van der Waals surface area contributed by atoms with Gasteiger partial charge < -0.3 is 14.5 Å². The highest BCUT2D eigenvalue weighted by molar-refractivity contribution is 6.43. The van der Waals surface area contributed by atoms with Gasteiger partial charge in [-0.2, -0.15) is 0 Å². The first-order chi connectivity index (χ1) is 13.4. The van der Waals surface area contributed by atoms with Gasteiger partial charge in [0, 0.05) is 26.2 Å². The Balaban J connectivity index is 1.58. The van der Waals surface area contributed by atoms with Gasteiger partial charge in [-0.25, -0.2) is 0 Å². The van der Waals surface area contributed by atoms with Crippen LogP contribution in [0.25, 0.3) is 0 Å². The zero-order valence-corrected chi connectivity index (χ0v) is 17.5. The molecule has 1 unspecified atom stereocenters. The lowest BCUT2D eigenvalue weighted by atomic mass is 10.1. The van der Waals surface area contributed by atoms with E-state index < -0.39 is 6.10 Å². The van der Waals surface area contributed by atoms with Crippen molar-refractivity contribution in [3.05, 3.63) is 63.1 Å². The molecule has 1 saturated heterocycles. The van der Waals surface area contributed by atoms with Crippen LogP contribution in [0, 0.1) is 0 Å². The van der Waals surface area contributed by atoms with Crippen molar-refractivity contribution in [3.63, 3.8) is 0 Å². The molecule has 28 heavy (non-hydrogen) atoms. The van der Waals surface area contributed by atoms with Crippen LogP contribution in [0.1, 0.15) is 17.3 Å². The molecular weight excluding hydrogens is 423 g/mol. The average Bonchev–Trinajstić information content (AvgIpc) is 2.71. The van der Waals surface area contributed by atoms with Crippen molar-refractivity contribution in [2.75, 3.05) is 26.2 Å². The van der Waals surface area contributed by atoms with Crippen LogP contribution in [0.4, 0.5) is 0 Å². The van der Waals surface area contributed by atoms with E-state index >= 15 is 0 Å². The van der Waals surface area contributed by atoms with E-state index in [0.29, 0.717) is 47.5 Å².